The van der Waals surface area contributed by atoms with Gasteiger partial charge in [-0.05, 0) is 0 Å². The molecule has 9 heavy (non-hydrogen) atoms. The highest BCUT2D eigenvalue weighted by Gasteiger charge is 1.74. The molecule has 4 heteroatoms. The lowest BCUT2D eigenvalue weighted by Crippen LogP contribution is -2.09. The van der Waals surface area contributed by atoms with Crippen LogP contribution in [0, 0.1) is 0 Å². The molecule has 0 heterocycles. The number of rotatable bonds is 2. The van der Waals surface area contributed by atoms with Gasteiger partial charge < -0.3 is 15.7 Å². The molecule has 0 bridgehead atoms. The lowest BCUT2D eigenvalue weighted by atomic mass is 10.8. The van der Waals surface area contributed by atoms with E-state index in [1.165, 1.54) is 0 Å². The molecule has 0 aliphatic carbocycles. The highest BCUT2D eigenvalue weighted by molar-refractivity contribution is 5.51. The SMILES string of the molecule is CCN(C)O.NCC=O. The van der Waals surface area contributed by atoms with Crippen molar-refractivity contribution in [2.45, 2.75) is 6.92 Å². The maximum Gasteiger partial charge on any atom is 0.133 e. The number of nitrogens with two attached hydrogens (primary N) is 1. The highest BCUT2D eigenvalue weighted by Crippen LogP contribution is 1.62. The smallest absolute Gasteiger partial charge is 0.133 e. The molecular weight excluding hydrogens is 120 g/mol. The van der Waals surface area contributed by atoms with Crippen LogP contribution in [-0.4, -0.2) is 36.7 Å². The molecule has 0 amide bonds. The molecule has 0 aliphatic rings. The molecule has 0 aromatic rings. The molecule has 0 spiro atoms. The summed E-state index contributed by atoms with van der Waals surface area (Å²) in [6, 6.07) is 0. The topological polar surface area (TPSA) is 66.6 Å². The van der Waals surface area contributed by atoms with Gasteiger partial charge in [0.05, 0.1) is 0 Å². The summed E-state index contributed by atoms with van der Waals surface area (Å²) in [5.41, 5.74) is 4.66. The molecule has 0 unspecified atom stereocenters. The third-order valence-corrected chi connectivity index (χ3v) is 0.554. The number of hydrogen-bond acceptors (Lipinski definition) is 4. The Morgan fingerprint density at radius 3 is 2.00 bits per heavy atom. The lowest BCUT2D eigenvalue weighted by Gasteiger charge is -1.98. The Morgan fingerprint density at radius 2 is 2.00 bits per heavy atom. The summed E-state index contributed by atoms with van der Waals surface area (Å²) in [5, 5.41) is 9.32. The minimum absolute atomic E-state index is 0.139. The van der Waals surface area contributed by atoms with Gasteiger partial charge in [-0.1, -0.05) is 6.92 Å². The molecule has 0 aliphatic heterocycles. The second kappa shape index (κ2) is 10.5. The number of hydroxylamine groups is 2. The molecule has 0 aromatic heterocycles. The minimum Gasteiger partial charge on any atom is -0.324 e. The van der Waals surface area contributed by atoms with Gasteiger partial charge in [0.1, 0.15) is 6.29 Å². The predicted molar refractivity (Wildman–Crippen MR) is 35.2 cm³/mol. The van der Waals surface area contributed by atoms with Crippen LogP contribution in [-0.2, 0) is 4.79 Å². The van der Waals surface area contributed by atoms with Crippen molar-refractivity contribution in [1.29, 1.82) is 0 Å². The Hall–Kier alpha value is -0.450. The molecular formula is C5H14N2O2. The van der Waals surface area contributed by atoms with Crippen molar-refractivity contribution >= 4 is 6.29 Å². The van der Waals surface area contributed by atoms with Crippen molar-refractivity contribution in [3.63, 3.8) is 0 Å². The van der Waals surface area contributed by atoms with Crippen LogP contribution in [0.2, 0.25) is 0 Å². The van der Waals surface area contributed by atoms with Crippen LogP contribution in [0.4, 0.5) is 0 Å². The fraction of sp³-hybridized carbons (Fsp3) is 0.800. The molecule has 0 fully saturated rings. The normalized spacial score (nSPS) is 8.11. The summed E-state index contributed by atoms with van der Waals surface area (Å²) in [7, 11) is 1.61. The highest BCUT2D eigenvalue weighted by atomic mass is 16.5. The average molecular weight is 134 g/mol. The van der Waals surface area contributed by atoms with Gasteiger partial charge in [-0.15, -0.1) is 0 Å². The van der Waals surface area contributed by atoms with Crippen LogP contribution < -0.4 is 5.73 Å². The van der Waals surface area contributed by atoms with Crippen molar-refractivity contribution in [3.8, 4) is 0 Å². The van der Waals surface area contributed by atoms with Crippen molar-refractivity contribution < 1.29 is 10.0 Å². The van der Waals surface area contributed by atoms with Crippen molar-refractivity contribution in [1.82, 2.24) is 5.06 Å². The van der Waals surface area contributed by atoms with Crippen LogP contribution in [0.1, 0.15) is 6.92 Å². The molecule has 0 radical (unpaired) electrons. The molecule has 56 valence electrons. The zero-order valence-corrected chi connectivity index (χ0v) is 5.87. The van der Waals surface area contributed by atoms with Gasteiger partial charge in [0.25, 0.3) is 0 Å². The molecule has 3 N–H and O–H groups in total. The van der Waals surface area contributed by atoms with Gasteiger partial charge in [0, 0.05) is 20.1 Å². The van der Waals surface area contributed by atoms with E-state index in [4.69, 9.17) is 10.0 Å². The van der Waals surface area contributed by atoms with E-state index in [0.717, 1.165) is 5.06 Å². The standard InChI is InChI=1S/C3H9NO.C2H5NO/c1-3-4(2)5;3-1-2-4/h5H,3H2,1-2H3;2H,1,3H2. The number of aldehydes is 1. The maximum atomic E-state index is 9.05. The summed E-state index contributed by atoms with van der Waals surface area (Å²) < 4.78 is 0. The van der Waals surface area contributed by atoms with Crippen molar-refractivity contribution in [2.24, 2.45) is 5.73 Å². The van der Waals surface area contributed by atoms with Gasteiger partial charge in [0.15, 0.2) is 0 Å². The minimum atomic E-state index is 0.139. The first-order valence-corrected chi connectivity index (χ1v) is 2.72. The van der Waals surface area contributed by atoms with Crippen LogP contribution in [0.25, 0.3) is 0 Å². The van der Waals surface area contributed by atoms with Crippen LogP contribution in [0.5, 0.6) is 0 Å². The monoisotopic (exact) mass is 134 g/mol. The molecule has 4 nitrogen and oxygen atoms in total. The molecule has 0 rings (SSSR count). The Kier molecular flexibility index (Phi) is 13.3. The van der Waals surface area contributed by atoms with E-state index < -0.39 is 0 Å². The van der Waals surface area contributed by atoms with Crippen molar-refractivity contribution in [3.05, 3.63) is 0 Å². The maximum absolute atomic E-state index is 9.05. The third-order valence-electron chi connectivity index (χ3n) is 0.554. The van der Waals surface area contributed by atoms with E-state index in [1.54, 1.807) is 7.05 Å². The quantitative estimate of drug-likeness (QED) is 0.393. The van der Waals surface area contributed by atoms with E-state index in [2.05, 4.69) is 5.73 Å². The number of carbonyl (C=O) groups is 1. The number of nitrogens with zero attached hydrogens (tertiary/aromatic N) is 1. The first-order valence-electron chi connectivity index (χ1n) is 2.72. The molecule has 0 saturated heterocycles. The number of hydrogen-bond donors (Lipinski definition) is 2. The largest absolute Gasteiger partial charge is 0.324 e. The van der Waals surface area contributed by atoms with Crippen LogP contribution >= 0.6 is 0 Å². The van der Waals surface area contributed by atoms with Gasteiger partial charge in [-0.2, -0.15) is 5.06 Å². The van der Waals surface area contributed by atoms with E-state index >= 15 is 0 Å². The first-order chi connectivity index (χ1) is 4.18. The number of carbonyl (C=O) groups excluding carboxylic acids is 1. The van der Waals surface area contributed by atoms with Gasteiger partial charge in [-0.3, -0.25) is 0 Å². The average Bonchev–Trinajstić information content (AvgIpc) is 1.89. The Bertz CT molecular complexity index is 56.9. The fourth-order valence-electron chi connectivity index (χ4n) is 0. The van der Waals surface area contributed by atoms with Gasteiger partial charge >= 0.3 is 0 Å². The summed E-state index contributed by atoms with van der Waals surface area (Å²) in [5.74, 6) is 0. The van der Waals surface area contributed by atoms with Crippen LogP contribution in [0.15, 0.2) is 0 Å². The second-order valence-electron chi connectivity index (χ2n) is 1.38. The fourth-order valence-corrected chi connectivity index (χ4v) is 0. The zero-order valence-electron chi connectivity index (χ0n) is 5.87. The first kappa shape index (κ1) is 11.4. The molecule has 0 aromatic carbocycles. The van der Waals surface area contributed by atoms with Crippen molar-refractivity contribution in [2.75, 3.05) is 20.1 Å². The van der Waals surface area contributed by atoms with E-state index in [9.17, 15) is 0 Å². The predicted octanol–water partition coefficient (Wildman–Crippen LogP) is -0.529. The third kappa shape index (κ3) is 35.8. The van der Waals surface area contributed by atoms with Gasteiger partial charge in [-0.25, -0.2) is 0 Å². The van der Waals surface area contributed by atoms with Gasteiger partial charge in [0.2, 0.25) is 0 Å². The Labute approximate surface area is 55.2 Å². The zero-order chi connectivity index (χ0) is 7.70. The molecule has 0 atom stereocenters. The Morgan fingerprint density at radius 1 is 1.78 bits per heavy atom. The summed E-state index contributed by atoms with van der Waals surface area (Å²) in [4.78, 5) is 9.05. The second-order valence-corrected chi connectivity index (χ2v) is 1.38. The van der Waals surface area contributed by atoms with E-state index in [-0.39, 0.29) is 6.54 Å². The molecule has 0 saturated carbocycles. The summed E-state index contributed by atoms with van der Waals surface area (Å²) in [6.07, 6.45) is 0.653. The summed E-state index contributed by atoms with van der Waals surface area (Å²) in [6.45, 7) is 2.71. The lowest BCUT2D eigenvalue weighted by molar-refractivity contribution is -0.106. The Balaban J connectivity index is 0. The van der Waals surface area contributed by atoms with E-state index in [0.29, 0.717) is 12.8 Å². The van der Waals surface area contributed by atoms with E-state index in [1.807, 2.05) is 6.92 Å². The van der Waals surface area contributed by atoms with Crippen LogP contribution in [0.3, 0.4) is 0 Å². The summed E-state index contributed by atoms with van der Waals surface area (Å²) >= 11 is 0.